The summed E-state index contributed by atoms with van der Waals surface area (Å²) < 4.78 is 32.6. The maximum Gasteiger partial charge on any atom is 0.310 e. The van der Waals surface area contributed by atoms with Crippen LogP contribution in [0.25, 0.3) is 0 Å². The quantitative estimate of drug-likeness (QED) is 0.861. The first-order chi connectivity index (χ1) is 9.81. The van der Waals surface area contributed by atoms with Gasteiger partial charge in [-0.05, 0) is 31.9 Å². The minimum atomic E-state index is -3.83. The summed E-state index contributed by atoms with van der Waals surface area (Å²) in [5.41, 5.74) is -1.07. The SMILES string of the molecule is COc1ccccc1S(=O)(=O)NC1CCCC1(C)C(=O)O. The third-order valence-electron chi connectivity index (χ3n) is 4.10. The first-order valence-electron chi connectivity index (χ1n) is 6.70. The lowest BCUT2D eigenvalue weighted by molar-refractivity contribution is -0.148. The normalized spacial score (nSPS) is 25.7. The number of hydrogen-bond donors (Lipinski definition) is 2. The van der Waals surface area contributed by atoms with Gasteiger partial charge in [-0.1, -0.05) is 18.6 Å². The summed E-state index contributed by atoms with van der Waals surface area (Å²) >= 11 is 0. The first-order valence-corrected chi connectivity index (χ1v) is 8.18. The molecule has 0 heterocycles. The van der Waals surface area contributed by atoms with Crippen molar-refractivity contribution in [3.63, 3.8) is 0 Å². The standard InChI is InChI=1S/C14H19NO5S/c1-14(13(16)17)9-5-8-12(14)15-21(18,19)11-7-4-3-6-10(11)20-2/h3-4,6-7,12,15H,5,8-9H2,1-2H3,(H,16,17). The molecule has 1 fully saturated rings. The van der Waals surface area contributed by atoms with Gasteiger partial charge in [0.25, 0.3) is 0 Å². The van der Waals surface area contributed by atoms with Crippen molar-refractivity contribution >= 4 is 16.0 Å². The number of carbonyl (C=O) groups is 1. The Bertz CT molecular complexity index is 643. The van der Waals surface area contributed by atoms with Gasteiger partial charge in [0.05, 0.1) is 12.5 Å². The van der Waals surface area contributed by atoms with Crippen molar-refractivity contribution in [3.05, 3.63) is 24.3 Å². The van der Waals surface area contributed by atoms with Gasteiger partial charge in [0.15, 0.2) is 0 Å². The summed E-state index contributed by atoms with van der Waals surface area (Å²) in [6.45, 7) is 1.58. The van der Waals surface area contributed by atoms with Crippen LogP contribution in [-0.2, 0) is 14.8 Å². The average molecular weight is 313 g/mol. The molecule has 21 heavy (non-hydrogen) atoms. The van der Waals surface area contributed by atoms with E-state index in [9.17, 15) is 18.3 Å². The van der Waals surface area contributed by atoms with Crippen LogP contribution in [0.5, 0.6) is 5.75 Å². The van der Waals surface area contributed by atoms with Gasteiger partial charge in [0, 0.05) is 6.04 Å². The van der Waals surface area contributed by atoms with Gasteiger partial charge >= 0.3 is 5.97 Å². The van der Waals surface area contributed by atoms with Crippen molar-refractivity contribution in [2.24, 2.45) is 5.41 Å². The predicted molar refractivity (Wildman–Crippen MR) is 76.7 cm³/mol. The molecule has 0 amide bonds. The number of ether oxygens (including phenoxy) is 1. The van der Waals surface area contributed by atoms with Crippen molar-refractivity contribution in [3.8, 4) is 5.75 Å². The summed E-state index contributed by atoms with van der Waals surface area (Å²) in [6.07, 6.45) is 1.65. The van der Waals surface area contributed by atoms with Crippen molar-refractivity contribution in [2.45, 2.75) is 37.1 Å². The van der Waals surface area contributed by atoms with E-state index in [4.69, 9.17) is 4.74 Å². The van der Waals surface area contributed by atoms with E-state index in [-0.39, 0.29) is 10.6 Å². The van der Waals surface area contributed by atoms with Crippen LogP contribution in [-0.4, -0.2) is 32.6 Å². The minimum absolute atomic E-state index is 0.0205. The van der Waals surface area contributed by atoms with Crippen LogP contribution >= 0.6 is 0 Å². The highest BCUT2D eigenvalue weighted by Gasteiger charge is 2.47. The Morgan fingerprint density at radius 3 is 2.71 bits per heavy atom. The van der Waals surface area contributed by atoms with Crippen LogP contribution in [0.4, 0.5) is 0 Å². The fourth-order valence-corrected chi connectivity index (χ4v) is 4.26. The molecule has 116 valence electrons. The number of benzene rings is 1. The second kappa shape index (κ2) is 5.65. The van der Waals surface area contributed by atoms with E-state index in [1.807, 2.05) is 0 Å². The molecule has 0 aliphatic heterocycles. The summed E-state index contributed by atoms with van der Waals surface area (Å²) in [5.74, 6) is -0.743. The average Bonchev–Trinajstić information content (AvgIpc) is 2.81. The van der Waals surface area contributed by atoms with Crippen molar-refractivity contribution < 1.29 is 23.1 Å². The summed E-state index contributed by atoms with van der Waals surface area (Å²) in [5, 5.41) is 9.35. The summed E-state index contributed by atoms with van der Waals surface area (Å²) in [7, 11) is -2.44. The zero-order valence-electron chi connectivity index (χ0n) is 12.0. The lowest BCUT2D eigenvalue weighted by Crippen LogP contribution is -2.46. The number of para-hydroxylation sites is 1. The van der Waals surface area contributed by atoms with Crippen LogP contribution in [0.1, 0.15) is 26.2 Å². The predicted octanol–water partition coefficient (Wildman–Crippen LogP) is 1.62. The fraction of sp³-hybridized carbons (Fsp3) is 0.500. The highest BCUT2D eigenvalue weighted by molar-refractivity contribution is 7.89. The van der Waals surface area contributed by atoms with Gasteiger partial charge in [0.1, 0.15) is 10.6 Å². The Morgan fingerprint density at radius 2 is 2.10 bits per heavy atom. The number of carboxylic acid groups (broad SMARTS) is 1. The lowest BCUT2D eigenvalue weighted by Gasteiger charge is -2.27. The Morgan fingerprint density at radius 1 is 1.43 bits per heavy atom. The molecule has 0 bridgehead atoms. The van der Waals surface area contributed by atoms with Gasteiger partial charge in [-0.15, -0.1) is 0 Å². The molecule has 1 aromatic rings. The Balaban J connectivity index is 2.32. The number of carboxylic acids is 1. The van der Waals surface area contributed by atoms with Gasteiger partial charge in [-0.25, -0.2) is 13.1 Å². The highest BCUT2D eigenvalue weighted by Crippen LogP contribution is 2.39. The third kappa shape index (κ3) is 2.89. The molecule has 2 unspecified atom stereocenters. The molecule has 1 aliphatic carbocycles. The molecule has 0 radical (unpaired) electrons. The zero-order chi connectivity index (χ0) is 15.7. The molecule has 2 N–H and O–H groups in total. The van der Waals surface area contributed by atoms with Gasteiger partial charge in [-0.3, -0.25) is 4.79 Å². The van der Waals surface area contributed by atoms with Gasteiger partial charge in [0.2, 0.25) is 10.0 Å². The zero-order valence-corrected chi connectivity index (χ0v) is 12.8. The van der Waals surface area contributed by atoms with Crippen molar-refractivity contribution in [2.75, 3.05) is 7.11 Å². The van der Waals surface area contributed by atoms with E-state index in [1.165, 1.54) is 13.2 Å². The molecular formula is C14H19NO5S. The van der Waals surface area contributed by atoms with Crippen LogP contribution < -0.4 is 9.46 Å². The fourth-order valence-electron chi connectivity index (χ4n) is 2.70. The first kappa shape index (κ1) is 15.8. The molecule has 1 saturated carbocycles. The molecule has 1 aromatic carbocycles. The summed E-state index contributed by atoms with van der Waals surface area (Å²) in [6, 6.07) is 5.65. The largest absolute Gasteiger partial charge is 0.495 e. The molecule has 2 atom stereocenters. The highest BCUT2D eigenvalue weighted by atomic mass is 32.2. The molecule has 0 aromatic heterocycles. The summed E-state index contributed by atoms with van der Waals surface area (Å²) in [4.78, 5) is 11.4. The van der Waals surface area contributed by atoms with Crippen LogP contribution in [0, 0.1) is 5.41 Å². The second-order valence-electron chi connectivity index (χ2n) is 5.44. The Hall–Kier alpha value is -1.60. The van der Waals surface area contributed by atoms with E-state index in [2.05, 4.69) is 4.72 Å². The molecule has 1 aliphatic rings. The Kier molecular flexibility index (Phi) is 4.25. The number of rotatable bonds is 5. The second-order valence-corrected chi connectivity index (χ2v) is 7.12. The molecule has 0 spiro atoms. The van der Waals surface area contributed by atoms with E-state index in [0.29, 0.717) is 19.3 Å². The number of nitrogens with one attached hydrogen (secondary N) is 1. The molecule has 7 heteroatoms. The maximum absolute atomic E-state index is 12.5. The lowest BCUT2D eigenvalue weighted by atomic mass is 9.85. The molecule has 6 nitrogen and oxygen atoms in total. The van der Waals surface area contributed by atoms with E-state index >= 15 is 0 Å². The molecule has 0 saturated heterocycles. The van der Waals surface area contributed by atoms with Gasteiger partial charge < -0.3 is 9.84 Å². The number of sulfonamides is 1. The molecule has 2 rings (SSSR count). The number of methoxy groups -OCH3 is 1. The van der Waals surface area contributed by atoms with E-state index in [1.54, 1.807) is 25.1 Å². The van der Waals surface area contributed by atoms with Crippen LogP contribution in [0.15, 0.2) is 29.2 Å². The van der Waals surface area contributed by atoms with Crippen LogP contribution in [0.2, 0.25) is 0 Å². The number of aliphatic carboxylic acids is 1. The molecular weight excluding hydrogens is 294 g/mol. The van der Waals surface area contributed by atoms with Crippen LogP contribution in [0.3, 0.4) is 0 Å². The van der Waals surface area contributed by atoms with Crippen molar-refractivity contribution in [1.82, 2.24) is 4.72 Å². The van der Waals surface area contributed by atoms with Crippen molar-refractivity contribution in [1.29, 1.82) is 0 Å². The van der Waals surface area contributed by atoms with E-state index < -0.39 is 27.4 Å². The van der Waals surface area contributed by atoms with E-state index in [0.717, 1.165) is 0 Å². The minimum Gasteiger partial charge on any atom is -0.495 e. The smallest absolute Gasteiger partial charge is 0.310 e. The topological polar surface area (TPSA) is 92.7 Å². The van der Waals surface area contributed by atoms with Gasteiger partial charge in [-0.2, -0.15) is 0 Å². The Labute approximate surface area is 124 Å². The monoisotopic (exact) mass is 313 g/mol. The third-order valence-corrected chi connectivity index (χ3v) is 5.61. The maximum atomic E-state index is 12.5. The number of hydrogen-bond acceptors (Lipinski definition) is 4.